The zero-order chi connectivity index (χ0) is 15.6. The summed E-state index contributed by atoms with van der Waals surface area (Å²) in [6.45, 7) is 3.70. The minimum atomic E-state index is -3.91. The molecule has 0 saturated heterocycles. The van der Waals surface area contributed by atoms with Crippen molar-refractivity contribution >= 4 is 9.84 Å². The molecular formula is C13H16FN3O3S. The van der Waals surface area contributed by atoms with Gasteiger partial charge in [-0.1, -0.05) is 37.1 Å². The maximum atomic E-state index is 13.5. The van der Waals surface area contributed by atoms with Gasteiger partial charge in [0.2, 0.25) is 15.7 Å². The molecule has 0 radical (unpaired) electrons. The predicted octanol–water partition coefficient (Wildman–Crippen LogP) is 1.84. The van der Waals surface area contributed by atoms with Crippen molar-refractivity contribution in [1.82, 2.24) is 10.2 Å². The first-order valence-electron chi connectivity index (χ1n) is 6.36. The van der Waals surface area contributed by atoms with Gasteiger partial charge in [-0.15, -0.1) is 5.10 Å². The lowest BCUT2D eigenvalue weighted by molar-refractivity contribution is 0.341. The van der Waals surface area contributed by atoms with Crippen LogP contribution in [0, 0.1) is 11.7 Å². The molecular weight excluding hydrogens is 297 g/mol. The van der Waals surface area contributed by atoms with Crippen LogP contribution in [-0.2, 0) is 15.6 Å². The fraction of sp³-hybridized carbons (Fsp3) is 0.385. The van der Waals surface area contributed by atoms with E-state index < -0.39 is 32.7 Å². The monoisotopic (exact) mass is 313 g/mol. The Morgan fingerprint density at radius 3 is 2.57 bits per heavy atom. The summed E-state index contributed by atoms with van der Waals surface area (Å²) < 4.78 is 43.0. The van der Waals surface area contributed by atoms with Crippen molar-refractivity contribution in [3.63, 3.8) is 0 Å². The molecule has 0 aliphatic rings. The molecule has 114 valence electrons. The third-order valence-corrected chi connectivity index (χ3v) is 4.38. The highest BCUT2D eigenvalue weighted by atomic mass is 32.2. The zero-order valence-corrected chi connectivity index (χ0v) is 12.5. The molecule has 0 aliphatic heterocycles. The van der Waals surface area contributed by atoms with Crippen molar-refractivity contribution in [1.29, 1.82) is 0 Å². The van der Waals surface area contributed by atoms with Gasteiger partial charge in [-0.25, -0.2) is 12.8 Å². The molecule has 2 rings (SSSR count). The van der Waals surface area contributed by atoms with E-state index in [-0.39, 0.29) is 17.4 Å². The van der Waals surface area contributed by atoms with Crippen LogP contribution in [0.2, 0.25) is 0 Å². The standard InChI is InChI=1S/C13H16FN3O3S/c1-8(2)11(15)12-16-17-13(20-12)21(18,19)7-9-5-3-4-6-10(9)14/h3-6,8,11H,7,15H2,1-2H3/t11-/m0/s1. The molecule has 2 N–H and O–H groups in total. The first-order chi connectivity index (χ1) is 9.81. The largest absolute Gasteiger partial charge is 0.411 e. The lowest BCUT2D eigenvalue weighted by Crippen LogP contribution is -2.17. The van der Waals surface area contributed by atoms with Gasteiger partial charge in [-0.2, -0.15) is 0 Å². The number of halogens is 1. The quantitative estimate of drug-likeness (QED) is 0.904. The van der Waals surface area contributed by atoms with Gasteiger partial charge in [-0.3, -0.25) is 0 Å². The fourth-order valence-corrected chi connectivity index (χ4v) is 2.79. The van der Waals surface area contributed by atoms with Gasteiger partial charge in [0.15, 0.2) is 0 Å². The summed E-state index contributed by atoms with van der Waals surface area (Å²) in [5.74, 6) is -1.07. The number of nitrogens with zero attached hydrogens (tertiary/aromatic N) is 2. The summed E-state index contributed by atoms with van der Waals surface area (Å²) in [5.41, 5.74) is 5.87. The molecule has 1 heterocycles. The van der Waals surface area contributed by atoms with Crippen LogP contribution >= 0.6 is 0 Å². The Balaban J connectivity index is 2.27. The average Bonchev–Trinajstić information content (AvgIpc) is 2.90. The molecule has 2 aromatic rings. The highest BCUT2D eigenvalue weighted by Crippen LogP contribution is 2.22. The highest BCUT2D eigenvalue weighted by molar-refractivity contribution is 7.90. The van der Waals surface area contributed by atoms with Gasteiger partial charge in [0, 0.05) is 5.56 Å². The SMILES string of the molecule is CC(C)[C@H](N)c1nnc(S(=O)(=O)Cc2ccccc2F)o1. The molecule has 0 amide bonds. The Labute approximate surface area is 122 Å². The Morgan fingerprint density at radius 1 is 1.29 bits per heavy atom. The van der Waals surface area contributed by atoms with Crippen LogP contribution in [0.3, 0.4) is 0 Å². The molecule has 1 aromatic carbocycles. The second-order valence-corrected chi connectivity index (χ2v) is 6.89. The van der Waals surface area contributed by atoms with Crippen molar-refractivity contribution in [3.05, 3.63) is 41.5 Å². The number of nitrogens with two attached hydrogens (primary N) is 1. The number of sulfone groups is 1. The van der Waals surface area contributed by atoms with E-state index in [0.29, 0.717) is 0 Å². The summed E-state index contributed by atoms with van der Waals surface area (Å²) in [6, 6.07) is 5.08. The van der Waals surface area contributed by atoms with Crippen molar-refractivity contribution in [3.8, 4) is 0 Å². The topological polar surface area (TPSA) is 99.1 Å². The van der Waals surface area contributed by atoms with E-state index in [1.165, 1.54) is 18.2 Å². The average molecular weight is 313 g/mol. The van der Waals surface area contributed by atoms with E-state index in [4.69, 9.17) is 10.2 Å². The number of aromatic nitrogens is 2. The number of rotatable bonds is 5. The molecule has 6 nitrogen and oxygen atoms in total. The molecule has 1 atom stereocenters. The van der Waals surface area contributed by atoms with Gasteiger partial charge >= 0.3 is 5.22 Å². The van der Waals surface area contributed by atoms with Crippen molar-refractivity contribution in [2.24, 2.45) is 11.7 Å². The zero-order valence-electron chi connectivity index (χ0n) is 11.7. The summed E-state index contributed by atoms with van der Waals surface area (Å²) in [7, 11) is -3.91. The molecule has 0 aliphatic carbocycles. The maximum Gasteiger partial charge on any atom is 0.335 e. The molecule has 1 aromatic heterocycles. The second-order valence-electron chi connectivity index (χ2n) is 5.03. The van der Waals surface area contributed by atoms with Crippen LogP contribution in [0.5, 0.6) is 0 Å². The molecule has 0 saturated carbocycles. The van der Waals surface area contributed by atoms with E-state index in [1.54, 1.807) is 6.07 Å². The smallest absolute Gasteiger partial charge is 0.335 e. The Kier molecular flexibility index (Phi) is 4.38. The van der Waals surface area contributed by atoms with E-state index in [0.717, 1.165) is 0 Å². The molecule has 0 fully saturated rings. The van der Waals surface area contributed by atoms with Crippen LogP contribution in [0.15, 0.2) is 33.9 Å². The lowest BCUT2D eigenvalue weighted by Gasteiger charge is -2.09. The minimum Gasteiger partial charge on any atom is -0.411 e. The molecule has 21 heavy (non-hydrogen) atoms. The van der Waals surface area contributed by atoms with Crippen molar-refractivity contribution in [2.75, 3.05) is 0 Å². The third kappa shape index (κ3) is 3.45. The van der Waals surface area contributed by atoms with Gasteiger partial charge in [0.05, 0.1) is 11.8 Å². The first kappa shape index (κ1) is 15.6. The Hall–Kier alpha value is -1.80. The van der Waals surface area contributed by atoms with Gasteiger partial charge < -0.3 is 10.2 Å². The van der Waals surface area contributed by atoms with Crippen LogP contribution in [0.25, 0.3) is 0 Å². The molecule has 0 bridgehead atoms. The van der Waals surface area contributed by atoms with Gasteiger partial charge in [-0.05, 0) is 12.0 Å². The van der Waals surface area contributed by atoms with Crippen molar-refractivity contribution in [2.45, 2.75) is 30.9 Å². The van der Waals surface area contributed by atoms with Crippen molar-refractivity contribution < 1.29 is 17.2 Å². The maximum absolute atomic E-state index is 13.5. The lowest BCUT2D eigenvalue weighted by atomic mass is 10.1. The summed E-state index contributed by atoms with van der Waals surface area (Å²) >= 11 is 0. The fourth-order valence-electron chi connectivity index (χ4n) is 1.65. The summed E-state index contributed by atoms with van der Waals surface area (Å²) in [6.07, 6.45) is 0. The van der Waals surface area contributed by atoms with E-state index in [1.807, 2.05) is 13.8 Å². The third-order valence-electron chi connectivity index (χ3n) is 2.99. The first-order valence-corrected chi connectivity index (χ1v) is 8.01. The highest BCUT2D eigenvalue weighted by Gasteiger charge is 2.26. The van der Waals surface area contributed by atoms with E-state index in [2.05, 4.69) is 10.2 Å². The van der Waals surface area contributed by atoms with Crippen LogP contribution in [0.1, 0.15) is 31.3 Å². The second kappa shape index (κ2) is 5.90. The van der Waals surface area contributed by atoms with Crippen LogP contribution < -0.4 is 5.73 Å². The molecule has 0 spiro atoms. The van der Waals surface area contributed by atoms with E-state index >= 15 is 0 Å². The Morgan fingerprint density at radius 2 is 1.95 bits per heavy atom. The Bertz CT molecular complexity index is 728. The molecule has 0 unspecified atom stereocenters. The van der Waals surface area contributed by atoms with Gasteiger partial charge in [0.25, 0.3) is 0 Å². The summed E-state index contributed by atoms with van der Waals surface area (Å²) in [4.78, 5) is 0. The summed E-state index contributed by atoms with van der Waals surface area (Å²) in [5, 5.41) is 6.62. The predicted molar refractivity (Wildman–Crippen MR) is 73.4 cm³/mol. The molecule has 8 heteroatoms. The van der Waals surface area contributed by atoms with E-state index in [9.17, 15) is 12.8 Å². The van der Waals surface area contributed by atoms with Crippen LogP contribution in [-0.4, -0.2) is 18.6 Å². The van der Waals surface area contributed by atoms with Crippen LogP contribution in [0.4, 0.5) is 4.39 Å². The minimum absolute atomic E-state index is 0.0209. The number of benzene rings is 1. The number of hydrogen-bond acceptors (Lipinski definition) is 6. The normalized spacial score (nSPS) is 13.6. The number of hydrogen-bond donors (Lipinski definition) is 1. The van der Waals surface area contributed by atoms with Gasteiger partial charge in [0.1, 0.15) is 5.82 Å².